The van der Waals surface area contributed by atoms with Crippen LogP contribution in [-0.2, 0) is 0 Å². The number of nitrogens with zero attached hydrogens (tertiary/aromatic N) is 3. The molecule has 1 heterocycles. The van der Waals surface area contributed by atoms with Crippen molar-refractivity contribution in [2.24, 2.45) is 0 Å². The first-order valence-corrected chi connectivity index (χ1v) is 20.7. The molecule has 0 unspecified atom stereocenters. The molecule has 0 aliphatic heterocycles. The Morgan fingerprint density at radius 3 is 1.33 bits per heavy atom. The maximum Gasteiger partial charge on any atom is 0.0979 e. The summed E-state index contributed by atoms with van der Waals surface area (Å²) < 4.78 is 0. The summed E-state index contributed by atoms with van der Waals surface area (Å²) in [6.07, 6.45) is 0. The average Bonchev–Trinajstić information content (AvgIpc) is 3.35. The van der Waals surface area contributed by atoms with E-state index < -0.39 is 0 Å². The summed E-state index contributed by atoms with van der Waals surface area (Å²) in [5.41, 5.74) is 15.9. The van der Waals surface area contributed by atoms with Crippen LogP contribution in [0.2, 0.25) is 0 Å². The van der Waals surface area contributed by atoms with Gasteiger partial charge < -0.3 is 4.90 Å². The fraction of sp³-hybridized carbons (Fsp3) is 0. The predicted octanol–water partition coefficient (Wildman–Crippen LogP) is 15.7. The maximum atomic E-state index is 5.43. The molecule has 10 aromatic carbocycles. The van der Waals surface area contributed by atoms with E-state index in [2.05, 4.69) is 229 Å². The normalized spacial score (nSPS) is 11.3. The first-order valence-electron chi connectivity index (χ1n) is 20.7. The lowest BCUT2D eigenvalue weighted by Crippen LogP contribution is -2.10. The third kappa shape index (κ3) is 6.88. The molecular formula is C58H39N3. The van der Waals surface area contributed by atoms with E-state index in [-0.39, 0.29) is 0 Å². The summed E-state index contributed by atoms with van der Waals surface area (Å²) in [7, 11) is 0. The zero-order valence-corrected chi connectivity index (χ0v) is 33.4. The van der Waals surface area contributed by atoms with Gasteiger partial charge in [-0.25, -0.2) is 9.97 Å². The number of benzene rings is 10. The van der Waals surface area contributed by atoms with Crippen LogP contribution >= 0.6 is 0 Å². The molecule has 11 rings (SSSR count). The van der Waals surface area contributed by atoms with E-state index in [1.807, 2.05) is 12.1 Å². The zero-order chi connectivity index (χ0) is 40.5. The van der Waals surface area contributed by atoms with E-state index in [4.69, 9.17) is 9.97 Å². The number of para-hydroxylation sites is 1. The number of rotatable bonds is 8. The monoisotopic (exact) mass is 777 g/mol. The van der Waals surface area contributed by atoms with Crippen molar-refractivity contribution in [3.05, 3.63) is 237 Å². The van der Waals surface area contributed by atoms with Crippen molar-refractivity contribution in [1.82, 2.24) is 9.97 Å². The Morgan fingerprint density at radius 1 is 0.279 bits per heavy atom. The van der Waals surface area contributed by atoms with Gasteiger partial charge in [0.2, 0.25) is 0 Å². The van der Waals surface area contributed by atoms with E-state index in [0.717, 1.165) is 83.3 Å². The Labute approximate surface area is 355 Å². The predicted molar refractivity (Wildman–Crippen MR) is 256 cm³/mol. The summed E-state index contributed by atoms with van der Waals surface area (Å²) in [5.74, 6) is 0. The second kappa shape index (κ2) is 15.6. The Bertz CT molecular complexity index is 3260. The molecule has 0 radical (unpaired) electrons. The summed E-state index contributed by atoms with van der Waals surface area (Å²) in [6, 6.07) is 84.1. The van der Waals surface area contributed by atoms with Crippen LogP contribution in [0, 0.1) is 0 Å². The van der Waals surface area contributed by atoms with Gasteiger partial charge in [0.25, 0.3) is 0 Å². The topological polar surface area (TPSA) is 29.0 Å². The van der Waals surface area contributed by atoms with Crippen molar-refractivity contribution in [2.75, 3.05) is 4.90 Å². The van der Waals surface area contributed by atoms with Crippen molar-refractivity contribution in [3.63, 3.8) is 0 Å². The van der Waals surface area contributed by atoms with Crippen LogP contribution < -0.4 is 4.90 Å². The van der Waals surface area contributed by atoms with E-state index in [0.29, 0.717) is 0 Å². The molecule has 11 aromatic rings. The molecule has 3 heteroatoms. The molecule has 0 fully saturated rings. The molecule has 0 N–H and O–H groups in total. The van der Waals surface area contributed by atoms with Gasteiger partial charge in [-0.05, 0) is 104 Å². The number of hydrogen-bond acceptors (Lipinski definition) is 3. The minimum atomic E-state index is 0.881. The van der Waals surface area contributed by atoms with Gasteiger partial charge in [0.05, 0.1) is 22.4 Å². The molecule has 0 aliphatic rings. The summed E-state index contributed by atoms with van der Waals surface area (Å²) >= 11 is 0. The number of hydrogen-bond donors (Lipinski definition) is 0. The van der Waals surface area contributed by atoms with Crippen LogP contribution in [0.4, 0.5) is 17.1 Å². The second-order valence-corrected chi connectivity index (χ2v) is 15.4. The van der Waals surface area contributed by atoms with E-state index in [9.17, 15) is 0 Å². The molecule has 0 saturated heterocycles. The fourth-order valence-corrected chi connectivity index (χ4v) is 8.60. The van der Waals surface area contributed by atoms with Crippen LogP contribution in [-0.4, -0.2) is 9.97 Å². The maximum absolute atomic E-state index is 5.43. The summed E-state index contributed by atoms with van der Waals surface area (Å²) in [6.45, 7) is 0. The lowest BCUT2D eigenvalue weighted by atomic mass is 9.95. The molecule has 0 bridgehead atoms. The van der Waals surface area contributed by atoms with Crippen LogP contribution in [0.15, 0.2) is 237 Å². The smallest absolute Gasteiger partial charge is 0.0979 e. The molecule has 0 atom stereocenters. The van der Waals surface area contributed by atoms with Gasteiger partial charge in [0.15, 0.2) is 0 Å². The first-order chi connectivity index (χ1) is 30.2. The molecule has 3 nitrogen and oxygen atoms in total. The standard InChI is InChI=1S/C58H39N3/c1-6-16-40(17-7-1)48-37-49(41-18-8-2-9-19-41)39-52(38-48)61(50-24-14-5-15-25-50)51-32-28-42(29-33-51)46-30-34-53-47(36-46)27-26-43-31-35-54-58(55(43)53)60-57(45-22-12-4-13-23-45)56(59-54)44-20-10-3-11-21-44/h1-39H. The first kappa shape index (κ1) is 36.0. The highest BCUT2D eigenvalue weighted by molar-refractivity contribution is 6.19. The lowest BCUT2D eigenvalue weighted by Gasteiger charge is -2.27. The number of anilines is 3. The van der Waals surface area contributed by atoms with Gasteiger partial charge in [-0.15, -0.1) is 0 Å². The molecule has 0 spiro atoms. The molecule has 286 valence electrons. The van der Waals surface area contributed by atoms with Gasteiger partial charge >= 0.3 is 0 Å². The highest BCUT2D eigenvalue weighted by Crippen LogP contribution is 2.41. The quantitative estimate of drug-likeness (QED) is 0.144. The largest absolute Gasteiger partial charge is 0.310 e. The van der Waals surface area contributed by atoms with Crippen molar-refractivity contribution in [2.45, 2.75) is 0 Å². The zero-order valence-electron chi connectivity index (χ0n) is 33.4. The van der Waals surface area contributed by atoms with Gasteiger partial charge in [-0.1, -0.05) is 182 Å². The third-order valence-corrected chi connectivity index (χ3v) is 11.6. The van der Waals surface area contributed by atoms with E-state index in [1.165, 1.54) is 22.3 Å². The van der Waals surface area contributed by atoms with Gasteiger partial charge in [-0.3, -0.25) is 0 Å². The van der Waals surface area contributed by atoms with Crippen LogP contribution in [0.25, 0.3) is 88.5 Å². The number of aromatic nitrogens is 2. The van der Waals surface area contributed by atoms with Crippen LogP contribution in [0.3, 0.4) is 0 Å². The van der Waals surface area contributed by atoms with Crippen molar-refractivity contribution >= 4 is 49.6 Å². The minimum Gasteiger partial charge on any atom is -0.310 e. The van der Waals surface area contributed by atoms with Gasteiger partial charge in [0.1, 0.15) is 0 Å². The van der Waals surface area contributed by atoms with Crippen LogP contribution in [0.1, 0.15) is 0 Å². The van der Waals surface area contributed by atoms with Gasteiger partial charge in [-0.2, -0.15) is 0 Å². The third-order valence-electron chi connectivity index (χ3n) is 11.6. The Morgan fingerprint density at radius 2 is 0.738 bits per heavy atom. The minimum absolute atomic E-state index is 0.881. The van der Waals surface area contributed by atoms with Crippen molar-refractivity contribution in [1.29, 1.82) is 0 Å². The molecular weight excluding hydrogens is 739 g/mol. The summed E-state index contributed by atoms with van der Waals surface area (Å²) in [4.78, 5) is 13.1. The Hall–Kier alpha value is -8.14. The Balaban J connectivity index is 1.01. The van der Waals surface area contributed by atoms with Crippen molar-refractivity contribution in [3.8, 4) is 55.9 Å². The highest BCUT2D eigenvalue weighted by Gasteiger charge is 2.18. The van der Waals surface area contributed by atoms with Crippen molar-refractivity contribution < 1.29 is 0 Å². The summed E-state index contributed by atoms with van der Waals surface area (Å²) in [5, 5.41) is 4.58. The fourth-order valence-electron chi connectivity index (χ4n) is 8.60. The Kier molecular flexibility index (Phi) is 9.18. The second-order valence-electron chi connectivity index (χ2n) is 15.4. The molecule has 1 aromatic heterocycles. The SMILES string of the molecule is c1ccc(-c2cc(-c3ccccc3)cc(N(c3ccccc3)c3ccc(-c4ccc5c(ccc6ccc7nc(-c8ccccc8)c(-c8ccccc8)nc7c65)c4)cc3)c2)cc1. The highest BCUT2D eigenvalue weighted by atomic mass is 15.1. The molecule has 0 saturated carbocycles. The number of fused-ring (bicyclic) bond motifs is 5. The van der Waals surface area contributed by atoms with E-state index in [1.54, 1.807) is 0 Å². The van der Waals surface area contributed by atoms with E-state index >= 15 is 0 Å². The lowest BCUT2D eigenvalue weighted by molar-refractivity contribution is 1.28. The van der Waals surface area contributed by atoms with Gasteiger partial charge in [0, 0.05) is 33.6 Å². The average molecular weight is 778 g/mol. The molecule has 61 heavy (non-hydrogen) atoms. The molecule has 0 amide bonds. The van der Waals surface area contributed by atoms with Crippen LogP contribution in [0.5, 0.6) is 0 Å². The molecule has 0 aliphatic carbocycles.